The van der Waals surface area contributed by atoms with E-state index in [4.69, 9.17) is 4.42 Å². The number of nitrogens with zero attached hydrogens (tertiary/aromatic N) is 6. The Balaban J connectivity index is 1.34. The van der Waals surface area contributed by atoms with Gasteiger partial charge >= 0.3 is 5.76 Å². The molecular formula is C21H26N6O4. The minimum Gasteiger partial charge on any atom is -0.408 e. The van der Waals surface area contributed by atoms with Gasteiger partial charge in [-0.3, -0.25) is 14.3 Å². The lowest BCUT2D eigenvalue weighted by molar-refractivity contribution is -0.133. The van der Waals surface area contributed by atoms with Crippen molar-refractivity contribution in [3.05, 3.63) is 46.5 Å². The third-order valence-corrected chi connectivity index (χ3v) is 6.28. The molecule has 164 valence electrons. The molecule has 31 heavy (non-hydrogen) atoms. The van der Waals surface area contributed by atoms with Gasteiger partial charge in [0.1, 0.15) is 6.54 Å². The van der Waals surface area contributed by atoms with Crippen molar-refractivity contribution in [3.63, 3.8) is 0 Å². The predicted molar refractivity (Wildman–Crippen MR) is 111 cm³/mol. The number of β-amino-alcohol motifs (C(OH)–C–C–N with tert-alkyl or cyclic N) is 1. The van der Waals surface area contributed by atoms with Gasteiger partial charge < -0.3 is 19.0 Å². The minimum absolute atomic E-state index is 0.0226. The quantitative estimate of drug-likeness (QED) is 0.655. The fourth-order valence-electron chi connectivity index (χ4n) is 4.70. The Morgan fingerprint density at radius 1 is 1.26 bits per heavy atom. The average Bonchev–Trinajstić information content (AvgIpc) is 3.42. The van der Waals surface area contributed by atoms with E-state index >= 15 is 0 Å². The lowest BCUT2D eigenvalue weighted by Crippen LogP contribution is -2.42. The number of benzene rings is 1. The lowest BCUT2D eigenvalue weighted by Gasteiger charge is -2.31. The number of oxazole rings is 1. The summed E-state index contributed by atoms with van der Waals surface area (Å²) < 4.78 is 8.66. The van der Waals surface area contributed by atoms with Crippen LogP contribution in [-0.2, 0) is 24.4 Å². The molecule has 10 nitrogen and oxygen atoms in total. The monoisotopic (exact) mass is 426 g/mol. The average molecular weight is 426 g/mol. The first-order valence-electron chi connectivity index (χ1n) is 10.6. The summed E-state index contributed by atoms with van der Waals surface area (Å²) in [5.74, 6) is 0.878. The zero-order chi connectivity index (χ0) is 21.7. The summed E-state index contributed by atoms with van der Waals surface area (Å²) in [4.78, 5) is 29.1. The molecule has 5 rings (SSSR count). The molecule has 0 radical (unpaired) electrons. The Morgan fingerprint density at radius 2 is 2.06 bits per heavy atom. The molecule has 0 spiro atoms. The summed E-state index contributed by atoms with van der Waals surface area (Å²) in [6, 6.07) is 7.39. The molecule has 2 aliphatic rings. The van der Waals surface area contributed by atoms with Crippen molar-refractivity contribution in [2.75, 3.05) is 13.1 Å². The molecule has 0 bridgehead atoms. The number of carbonyl (C=O) groups is 1. The van der Waals surface area contributed by atoms with Gasteiger partial charge in [0.05, 0.1) is 24.2 Å². The van der Waals surface area contributed by atoms with Crippen LogP contribution in [0.1, 0.15) is 38.0 Å². The molecule has 2 aliphatic heterocycles. The van der Waals surface area contributed by atoms with E-state index in [9.17, 15) is 14.7 Å². The lowest BCUT2D eigenvalue weighted by atomic mass is 10.1. The second-order valence-corrected chi connectivity index (χ2v) is 8.56. The van der Waals surface area contributed by atoms with Crippen LogP contribution in [0.4, 0.5) is 0 Å². The van der Waals surface area contributed by atoms with Crippen LogP contribution in [0.5, 0.6) is 0 Å². The predicted octanol–water partition coefficient (Wildman–Crippen LogP) is 0.745. The first kappa shape index (κ1) is 20.0. The summed E-state index contributed by atoms with van der Waals surface area (Å²) in [6.45, 7) is 6.21. The fourth-order valence-corrected chi connectivity index (χ4v) is 4.70. The van der Waals surface area contributed by atoms with Crippen LogP contribution in [0.15, 0.2) is 33.5 Å². The van der Waals surface area contributed by atoms with Crippen LogP contribution >= 0.6 is 0 Å². The standard InChI is InChI=1S/C21H26N6O4/c1-13(2)26-10-14(28)9-16(26)20-23-22-18-11-24(7-8-25(18)20)19(29)12-27-15-5-3-4-6-17(15)31-21(27)30/h3-6,13-14,16,28H,7-12H2,1-2H3/t14-,16+/m1/s1. The number of hydrogen-bond acceptors (Lipinski definition) is 7. The van der Waals surface area contributed by atoms with E-state index in [1.807, 2.05) is 6.07 Å². The van der Waals surface area contributed by atoms with Gasteiger partial charge in [0.2, 0.25) is 5.91 Å². The Kier molecular flexibility index (Phi) is 4.90. The highest BCUT2D eigenvalue weighted by Gasteiger charge is 2.38. The van der Waals surface area contributed by atoms with Gasteiger partial charge in [-0.2, -0.15) is 0 Å². The molecule has 1 saturated heterocycles. The number of rotatable bonds is 4. The first-order valence-corrected chi connectivity index (χ1v) is 10.6. The Morgan fingerprint density at radius 3 is 2.87 bits per heavy atom. The minimum atomic E-state index is -0.536. The SMILES string of the molecule is CC(C)N1C[C@H](O)C[C@H]1c1nnc2n1CCN(C(=O)Cn1c(=O)oc3ccccc31)C2. The number of fused-ring (bicyclic) bond motifs is 2. The highest BCUT2D eigenvalue weighted by Crippen LogP contribution is 2.33. The molecule has 2 aromatic heterocycles. The summed E-state index contributed by atoms with van der Waals surface area (Å²) in [7, 11) is 0. The van der Waals surface area contributed by atoms with Crippen LogP contribution in [-0.4, -0.2) is 65.4 Å². The van der Waals surface area contributed by atoms with Crippen molar-refractivity contribution in [1.29, 1.82) is 0 Å². The van der Waals surface area contributed by atoms with E-state index in [1.54, 1.807) is 23.1 Å². The molecule has 1 amide bonds. The van der Waals surface area contributed by atoms with E-state index in [2.05, 4.69) is 33.5 Å². The molecule has 10 heteroatoms. The van der Waals surface area contributed by atoms with Crippen molar-refractivity contribution in [2.45, 2.75) is 58.1 Å². The van der Waals surface area contributed by atoms with Gasteiger partial charge in [0.25, 0.3) is 0 Å². The van der Waals surface area contributed by atoms with Gasteiger partial charge in [0.15, 0.2) is 17.2 Å². The number of aromatic nitrogens is 4. The zero-order valence-electron chi connectivity index (χ0n) is 17.6. The molecule has 0 unspecified atom stereocenters. The summed E-state index contributed by atoms with van der Waals surface area (Å²) in [6.07, 6.45) is 0.264. The zero-order valence-corrected chi connectivity index (χ0v) is 17.6. The highest BCUT2D eigenvalue weighted by molar-refractivity contribution is 5.79. The van der Waals surface area contributed by atoms with E-state index in [0.29, 0.717) is 49.7 Å². The van der Waals surface area contributed by atoms with Crippen molar-refractivity contribution in [3.8, 4) is 0 Å². The molecule has 1 N–H and O–H groups in total. The van der Waals surface area contributed by atoms with E-state index < -0.39 is 5.76 Å². The van der Waals surface area contributed by atoms with Crippen molar-refractivity contribution in [2.24, 2.45) is 0 Å². The van der Waals surface area contributed by atoms with Gasteiger partial charge in [0, 0.05) is 25.7 Å². The second kappa shape index (κ2) is 7.61. The summed E-state index contributed by atoms with van der Waals surface area (Å²) in [5, 5.41) is 18.9. The number of aliphatic hydroxyl groups excluding tert-OH is 1. The van der Waals surface area contributed by atoms with E-state index in [-0.39, 0.29) is 24.6 Å². The van der Waals surface area contributed by atoms with Crippen LogP contribution in [0, 0.1) is 0 Å². The summed E-state index contributed by atoms with van der Waals surface area (Å²) >= 11 is 0. The molecule has 0 aliphatic carbocycles. The van der Waals surface area contributed by atoms with Crippen LogP contribution in [0.3, 0.4) is 0 Å². The highest BCUT2D eigenvalue weighted by atomic mass is 16.4. The van der Waals surface area contributed by atoms with Crippen LogP contribution < -0.4 is 5.76 Å². The molecule has 2 atom stereocenters. The van der Waals surface area contributed by atoms with Gasteiger partial charge in [-0.1, -0.05) is 12.1 Å². The molecule has 3 aromatic rings. The van der Waals surface area contributed by atoms with Crippen LogP contribution in [0.2, 0.25) is 0 Å². The largest absolute Gasteiger partial charge is 0.420 e. The third-order valence-electron chi connectivity index (χ3n) is 6.28. The maximum atomic E-state index is 12.9. The second-order valence-electron chi connectivity index (χ2n) is 8.56. The van der Waals surface area contributed by atoms with Crippen LogP contribution in [0.25, 0.3) is 11.1 Å². The smallest absolute Gasteiger partial charge is 0.408 e. The number of aliphatic hydroxyl groups is 1. The van der Waals surface area contributed by atoms with Crippen molar-refractivity contribution < 1.29 is 14.3 Å². The maximum Gasteiger partial charge on any atom is 0.420 e. The molecular weight excluding hydrogens is 400 g/mol. The maximum absolute atomic E-state index is 12.9. The number of para-hydroxylation sites is 2. The molecule has 4 heterocycles. The normalized spacial score (nSPS) is 21.9. The molecule has 0 saturated carbocycles. The Hall–Kier alpha value is -2.98. The molecule has 1 fully saturated rings. The van der Waals surface area contributed by atoms with E-state index in [1.165, 1.54) is 4.57 Å². The third kappa shape index (κ3) is 3.45. The van der Waals surface area contributed by atoms with Gasteiger partial charge in [-0.25, -0.2) is 4.79 Å². The van der Waals surface area contributed by atoms with Gasteiger partial charge in [-0.05, 0) is 32.4 Å². The number of likely N-dealkylation sites (tertiary alicyclic amines) is 1. The van der Waals surface area contributed by atoms with Crippen molar-refractivity contribution >= 4 is 17.0 Å². The topological polar surface area (TPSA) is 110 Å². The summed E-state index contributed by atoms with van der Waals surface area (Å²) in [5.41, 5.74) is 1.08. The first-order chi connectivity index (χ1) is 14.9. The van der Waals surface area contributed by atoms with Gasteiger partial charge in [-0.15, -0.1) is 10.2 Å². The molecule has 1 aromatic carbocycles. The fraction of sp³-hybridized carbons (Fsp3) is 0.524. The Labute approximate surface area is 178 Å². The Bertz CT molecular complexity index is 1180. The van der Waals surface area contributed by atoms with Crippen molar-refractivity contribution in [1.82, 2.24) is 29.1 Å². The van der Waals surface area contributed by atoms with E-state index in [0.717, 1.165) is 11.6 Å². The number of amides is 1. The number of hydrogen-bond donors (Lipinski definition) is 1. The number of carbonyl (C=O) groups excluding carboxylic acids is 1.